The van der Waals surface area contributed by atoms with Gasteiger partial charge < -0.3 is 0 Å². The van der Waals surface area contributed by atoms with Crippen molar-refractivity contribution in [1.29, 1.82) is 0 Å². The summed E-state index contributed by atoms with van der Waals surface area (Å²) in [5.74, 6) is 3.33. The van der Waals surface area contributed by atoms with Crippen molar-refractivity contribution in [2.45, 2.75) is 66.3 Å². The third-order valence-electron chi connectivity index (χ3n) is 5.28. The van der Waals surface area contributed by atoms with E-state index < -0.39 is 0 Å². The molecule has 28 heavy (non-hydrogen) atoms. The zero-order chi connectivity index (χ0) is 19.9. The summed E-state index contributed by atoms with van der Waals surface area (Å²) in [6.45, 7) is 9.65. The molecule has 150 valence electrons. The van der Waals surface area contributed by atoms with Crippen molar-refractivity contribution in [3.63, 3.8) is 0 Å². The minimum atomic E-state index is 0.262. The van der Waals surface area contributed by atoms with E-state index in [1.165, 1.54) is 12.8 Å². The summed E-state index contributed by atoms with van der Waals surface area (Å²) in [4.78, 5) is 4.87. The molecule has 1 aliphatic rings. The van der Waals surface area contributed by atoms with Crippen molar-refractivity contribution >= 4 is 0 Å². The molecule has 1 fully saturated rings. The van der Waals surface area contributed by atoms with Crippen molar-refractivity contribution in [3.05, 3.63) is 23.8 Å². The first-order chi connectivity index (χ1) is 13.3. The van der Waals surface area contributed by atoms with Gasteiger partial charge in [0.2, 0.25) is 0 Å². The van der Waals surface area contributed by atoms with Crippen LogP contribution in [0.25, 0.3) is 17.3 Å². The number of aryl methyl sites for hydroxylation is 3. The van der Waals surface area contributed by atoms with E-state index in [1.54, 1.807) is 9.36 Å². The molecule has 0 aromatic carbocycles. The fourth-order valence-electron chi connectivity index (χ4n) is 3.29. The predicted octanol–water partition coefficient (Wildman–Crippen LogP) is 3.35. The van der Waals surface area contributed by atoms with E-state index in [9.17, 15) is 0 Å². The lowest BCUT2D eigenvalue weighted by Gasteiger charge is -2.16. The van der Waals surface area contributed by atoms with E-state index in [4.69, 9.17) is 10.1 Å². The van der Waals surface area contributed by atoms with Gasteiger partial charge in [-0.3, -0.25) is 4.68 Å². The first-order valence-electron chi connectivity index (χ1n) is 10.2. The predicted molar refractivity (Wildman–Crippen MR) is 107 cm³/mol. The van der Waals surface area contributed by atoms with Gasteiger partial charge in [-0.1, -0.05) is 38.8 Å². The second kappa shape index (κ2) is 7.14. The first kappa shape index (κ1) is 18.8. The second-order valence-corrected chi connectivity index (χ2v) is 9.15. The Hall–Kier alpha value is -2.51. The molecule has 3 aromatic heterocycles. The Morgan fingerprint density at radius 1 is 1.18 bits per heavy atom. The van der Waals surface area contributed by atoms with Crippen molar-refractivity contribution in [2.24, 2.45) is 18.4 Å². The summed E-state index contributed by atoms with van der Waals surface area (Å²) < 4.78 is 5.57. The van der Waals surface area contributed by atoms with Crippen LogP contribution in [0.3, 0.4) is 0 Å². The van der Waals surface area contributed by atoms with Gasteiger partial charge in [0, 0.05) is 32.3 Å². The summed E-state index contributed by atoms with van der Waals surface area (Å²) in [5, 5.41) is 18.0. The Kier molecular flexibility index (Phi) is 4.81. The van der Waals surface area contributed by atoms with Gasteiger partial charge in [0.25, 0.3) is 0 Å². The highest BCUT2D eigenvalue weighted by molar-refractivity contribution is 5.53. The van der Waals surface area contributed by atoms with Gasteiger partial charge in [-0.05, 0) is 31.1 Å². The minimum absolute atomic E-state index is 0.262. The van der Waals surface area contributed by atoms with Crippen molar-refractivity contribution in [2.75, 3.05) is 0 Å². The molecule has 1 aliphatic carbocycles. The van der Waals surface area contributed by atoms with Gasteiger partial charge in [-0.15, -0.1) is 5.10 Å². The highest BCUT2D eigenvalue weighted by Gasteiger charge is 2.24. The molecule has 0 amide bonds. The van der Waals surface area contributed by atoms with Crippen LogP contribution in [-0.2, 0) is 20.0 Å². The van der Waals surface area contributed by atoms with Crippen LogP contribution in [0.5, 0.6) is 0 Å². The van der Waals surface area contributed by atoms with Crippen LogP contribution >= 0.6 is 0 Å². The van der Waals surface area contributed by atoms with Crippen LogP contribution in [-0.4, -0.2) is 39.5 Å². The fourth-order valence-corrected chi connectivity index (χ4v) is 3.29. The first-order valence-corrected chi connectivity index (χ1v) is 10.2. The van der Waals surface area contributed by atoms with Crippen LogP contribution in [0.2, 0.25) is 0 Å². The van der Waals surface area contributed by atoms with E-state index in [0.29, 0.717) is 0 Å². The van der Waals surface area contributed by atoms with Gasteiger partial charge in [0.05, 0.1) is 5.69 Å². The van der Waals surface area contributed by atoms with Gasteiger partial charge in [-0.25, -0.2) is 9.67 Å². The monoisotopic (exact) mass is 382 g/mol. The molecule has 8 heteroatoms. The molecule has 3 heterocycles. The van der Waals surface area contributed by atoms with Gasteiger partial charge in [0.1, 0.15) is 0 Å². The fraction of sp³-hybridized carbons (Fsp3) is 0.650. The summed E-state index contributed by atoms with van der Waals surface area (Å²) in [7, 11) is 1.90. The minimum Gasteiger partial charge on any atom is -0.274 e. The van der Waals surface area contributed by atoms with Crippen LogP contribution in [0.15, 0.2) is 12.3 Å². The standard InChI is InChI=1S/C20H30N8/c1-14-18(22-25-28(14)17-10-12-26(5)24-17)19-21-16(8-11-20(2,3)4)23-27(19)13-9-15-6-7-15/h10,12,15H,6-9,11,13H2,1-5H3. The Labute approximate surface area is 166 Å². The molecule has 3 aromatic rings. The Balaban J connectivity index is 1.64. The zero-order valence-corrected chi connectivity index (χ0v) is 17.6. The van der Waals surface area contributed by atoms with E-state index in [0.717, 1.165) is 60.6 Å². The number of nitrogens with zero attached hydrogens (tertiary/aromatic N) is 8. The maximum Gasteiger partial charge on any atom is 0.180 e. The van der Waals surface area contributed by atoms with Crippen LogP contribution in [0, 0.1) is 18.3 Å². The molecule has 0 spiro atoms. The molecule has 0 aliphatic heterocycles. The average molecular weight is 383 g/mol. The third kappa shape index (κ3) is 4.15. The highest BCUT2D eigenvalue weighted by Crippen LogP contribution is 2.33. The maximum atomic E-state index is 4.87. The molecule has 0 bridgehead atoms. The Morgan fingerprint density at radius 2 is 1.96 bits per heavy atom. The lowest BCUT2D eigenvalue weighted by atomic mass is 9.90. The molecule has 0 unspecified atom stereocenters. The molecule has 0 saturated heterocycles. The van der Waals surface area contributed by atoms with E-state index >= 15 is 0 Å². The normalized spacial score (nSPS) is 14.8. The lowest BCUT2D eigenvalue weighted by molar-refractivity contribution is 0.373. The zero-order valence-electron chi connectivity index (χ0n) is 17.6. The Morgan fingerprint density at radius 3 is 2.61 bits per heavy atom. The molecular weight excluding hydrogens is 352 g/mol. The van der Waals surface area contributed by atoms with Crippen molar-refractivity contribution in [1.82, 2.24) is 39.5 Å². The topological polar surface area (TPSA) is 79.2 Å². The Bertz CT molecular complexity index is 951. The van der Waals surface area contributed by atoms with Gasteiger partial charge >= 0.3 is 0 Å². The maximum absolute atomic E-state index is 4.87. The number of hydrogen-bond donors (Lipinski definition) is 0. The molecule has 8 nitrogen and oxygen atoms in total. The molecule has 0 atom stereocenters. The molecular formula is C20H30N8. The second-order valence-electron chi connectivity index (χ2n) is 9.15. The number of rotatable bonds is 7. The van der Waals surface area contributed by atoms with Crippen molar-refractivity contribution < 1.29 is 0 Å². The van der Waals surface area contributed by atoms with Gasteiger partial charge in [0.15, 0.2) is 23.2 Å². The summed E-state index contributed by atoms with van der Waals surface area (Å²) in [6, 6.07) is 1.93. The van der Waals surface area contributed by atoms with Crippen molar-refractivity contribution in [3.8, 4) is 17.3 Å². The van der Waals surface area contributed by atoms with Crippen LogP contribution in [0.4, 0.5) is 0 Å². The third-order valence-corrected chi connectivity index (χ3v) is 5.28. The van der Waals surface area contributed by atoms with Crippen LogP contribution < -0.4 is 0 Å². The SMILES string of the molecule is Cc1c(-c2nc(CCC(C)(C)C)nn2CCC2CC2)nnn1-c1ccn(C)n1. The molecule has 0 radical (unpaired) electrons. The summed E-state index contributed by atoms with van der Waals surface area (Å²) in [5.41, 5.74) is 1.98. The van der Waals surface area contributed by atoms with Gasteiger partial charge in [-0.2, -0.15) is 14.9 Å². The quantitative estimate of drug-likeness (QED) is 0.626. The van der Waals surface area contributed by atoms with E-state index in [-0.39, 0.29) is 5.41 Å². The number of hydrogen-bond acceptors (Lipinski definition) is 5. The van der Waals surface area contributed by atoms with E-state index in [2.05, 4.69) is 36.2 Å². The van der Waals surface area contributed by atoms with E-state index in [1.807, 2.05) is 30.9 Å². The summed E-state index contributed by atoms with van der Waals surface area (Å²) >= 11 is 0. The molecule has 4 rings (SSSR count). The molecule has 1 saturated carbocycles. The number of aromatic nitrogens is 8. The van der Waals surface area contributed by atoms with Crippen LogP contribution in [0.1, 0.15) is 58.0 Å². The highest BCUT2D eigenvalue weighted by atomic mass is 15.5. The average Bonchev–Trinajstić information content (AvgIpc) is 3.02. The smallest absolute Gasteiger partial charge is 0.180 e. The molecule has 0 N–H and O–H groups in total. The largest absolute Gasteiger partial charge is 0.274 e. The summed E-state index contributed by atoms with van der Waals surface area (Å²) in [6.07, 6.45) is 7.67. The lowest BCUT2D eigenvalue weighted by Crippen LogP contribution is -2.08.